The topological polar surface area (TPSA) is 130 Å². The summed E-state index contributed by atoms with van der Waals surface area (Å²) < 4.78 is 13.1. The second kappa shape index (κ2) is 8.62. The molecule has 1 N–H and O–H groups in total. The van der Waals surface area contributed by atoms with Crippen LogP contribution in [-0.4, -0.2) is 36.1 Å². The Morgan fingerprint density at radius 3 is 2.74 bits per heavy atom. The normalized spacial score (nSPS) is 11.0. The molecule has 0 radical (unpaired) electrons. The predicted molar refractivity (Wildman–Crippen MR) is 125 cm³/mol. The molecule has 0 aliphatic heterocycles. The van der Waals surface area contributed by atoms with Gasteiger partial charge in [-0.25, -0.2) is 19.5 Å². The highest BCUT2D eigenvalue weighted by atomic mass is 16.6. The number of hydrogen-bond donors (Lipinski definition) is 1. The van der Waals surface area contributed by atoms with Gasteiger partial charge in [-0.3, -0.25) is 10.1 Å². The van der Waals surface area contributed by atoms with Gasteiger partial charge in [0.25, 0.3) is 0 Å². The van der Waals surface area contributed by atoms with E-state index < -0.39 is 4.92 Å². The van der Waals surface area contributed by atoms with Gasteiger partial charge in [0, 0.05) is 30.1 Å². The van der Waals surface area contributed by atoms with Crippen LogP contribution in [0.1, 0.15) is 12.5 Å². The van der Waals surface area contributed by atoms with Gasteiger partial charge >= 0.3 is 5.69 Å². The molecule has 0 amide bonds. The van der Waals surface area contributed by atoms with Crippen LogP contribution in [-0.2, 0) is 0 Å². The molecule has 170 valence electrons. The highest BCUT2D eigenvalue weighted by Gasteiger charge is 2.19. The Hall–Kier alpha value is -4.80. The smallest absolute Gasteiger partial charge is 0.311 e. The van der Waals surface area contributed by atoms with Crippen LogP contribution >= 0.6 is 0 Å². The zero-order chi connectivity index (χ0) is 23.7. The lowest BCUT2D eigenvalue weighted by atomic mass is 10.1. The second-order valence-electron chi connectivity index (χ2n) is 7.38. The van der Waals surface area contributed by atoms with E-state index in [1.807, 2.05) is 31.2 Å². The molecule has 0 spiro atoms. The average molecular weight is 457 g/mol. The second-order valence-corrected chi connectivity index (χ2v) is 7.38. The summed E-state index contributed by atoms with van der Waals surface area (Å²) >= 11 is 0. The third-order valence-corrected chi connectivity index (χ3v) is 5.13. The van der Waals surface area contributed by atoms with Gasteiger partial charge in [0.15, 0.2) is 11.4 Å². The molecule has 0 saturated carbocycles. The van der Waals surface area contributed by atoms with E-state index in [1.165, 1.54) is 18.7 Å². The zero-order valence-electron chi connectivity index (χ0n) is 18.3. The Labute approximate surface area is 193 Å². The third-order valence-electron chi connectivity index (χ3n) is 5.13. The van der Waals surface area contributed by atoms with E-state index in [9.17, 15) is 10.1 Å². The number of nitrogens with one attached hydrogen (secondary N) is 1. The molecule has 0 atom stereocenters. The largest absolute Gasteiger partial charge is 0.487 e. The van der Waals surface area contributed by atoms with Gasteiger partial charge in [-0.1, -0.05) is 0 Å². The standard InChI is InChI=1S/C23H19N7O4/c1-3-33-21-11-18-17(10-19(21)30(31)32)23(26-12-24-18)28-15-4-5-20(14(2)8-15)34-16-6-7-29-22(9-16)25-13-27-29/h4-13H,3H2,1-2H3,(H,24,26,28). The molecule has 3 heterocycles. The number of ether oxygens (including phenoxy) is 2. The quantitative estimate of drug-likeness (QED) is 0.270. The summed E-state index contributed by atoms with van der Waals surface area (Å²) in [6.45, 7) is 4.00. The van der Waals surface area contributed by atoms with E-state index in [1.54, 1.807) is 29.8 Å². The van der Waals surface area contributed by atoms with E-state index in [2.05, 4.69) is 25.4 Å². The molecule has 3 aromatic heterocycles. The summed E-state index contributed by atoms with van der Waals surface area (Å²) in [5.74, 6) is 1.94. The predicted octanol–water partition coefficient (Wildman–Crippen LogP) is 4.82. The van der Waals surface area contributed by atoms with Crippen molar-refractivity contribution in [3.05, 3.63) is 77.0 Å². The van der Waals surface area contributed by atoms with E-state index in [0.717, 1.165) is 11.3 Å². The molecule has 0 unspecified atom stereocenters. The van der Waals surface area contributed by atoms with Gasteiger partial charge in [-0.2, -0.15) is 5.10 Å². The minimum Gasteiger partial charge on any atom is -0.487 e. The van der Waals surface area contributed by atoms with E-state index in [-0.39, 0.29) is 11.4 Å². The van der Waals surface area contributed by atoms with Gasteiger partial charge in [0.1, 0.15) is 30.0 Å². The lowest BCUT2D eigenvalue weighted by Crippen LogP contribution is -2.01. The van der Waals surface area contributed by atoms with Crippen molar-refractivity contribution < 1.29 is 14.4 Å². The van der Waals surface area contributed by atoms with Crippen LogP contribution in [0.2, 0.25) is 0 Å². The number of nitrogens with zero attached hydrogens (tertiary/aromatic N) is 6. The summed E-state index contributed by atoms with van der Waals surface area (Å²) in [4.78, 5) is 23.8. The van der Waals surface area contributed by atoms with Crippen molar-refractivity contribution in [3.8, 4) is 17.2 Å². The van der Waals surface area contributed by atoms with Crippen LogP contribution in [0.3, 0.4) is 0 Å². The molecule has 5 rings (SSSR count). The number of nitro benzene ring substituents is 1. The lowest BCUT2D eigenvalue weighted by Gasteiger charge is -2.13. The molecule has 0 aliphatic rings. The summed E-state index contributed by atoms with van der Waals surface area (Å²) in [6.07, 6.45) is 4.66. The van der Waals surface area contributed by atoms with E-state index in [4.69, 9.17) is 9.47 Å². The fourth-order valence-corrected chi connectivity index (χ4v) is 3.55. The third kappa shape index (κ3) is 4.01. The van der Waals surface area contributed by atoms with Gasteiger partial charge in [-0.05, 0) is 43.7 Å². The molecule has 11 heteroatoms. The minimum absolute atomic E-state index is 0.142. The first-order valence-electron chi connectivity index (χ1n) is 10.4. The molecule has 0 bridgehead atoms. The van der Waals surface area contributed by atoms with Gasteiger partial charge in [-0.15, -0.1) is 0 Å². The van der Waals surface area contributed by atoms with Crippen LogP contribution in [0.5, 0.6) is 17.2 Å². The summed E-state index contributed by atoms with van der Waals surface area (Å²) in [5.41, 5.74) is 2.71. The molecular formula is C23H19N7O4. The summed E-state index contributed by atoms with van der Waals surface area (Å²) in [7, 11) is 0. The van der Waals surface area contributed by atoms with Crippen molar-refractivity contribution in [2.45, 2.75) is 13.8 Å². The minimum atomic E-state index is -0.478. The monoisotopic (exact) mass is 457 g/mol. The Morgan fingerprint density at radius 1 is 1.06 bits per heavy atom. The molecule has 11 nitrogen and oxygen atoms in total. The lowest BCUT2D eigenvalue weighted by molar-refractivity contribution is -0.385. The summed E-state index contributed by atoms with van der Waals surface area (Å²) in [6, 6.07) is 12.2. The van der Waals surface area contributed by atoms with Crippen LogP contribution in [0, 0.1) is 17.0 Å². The van der Waals surface area contributed by atoms with E-state index in [0.29, 0.717) is 40.5 Å². The van der Waals surface area contributed by atoms with Gasteiger partial charge in [0.2, 0.25) is 0 Å². The van der Waals surface area contributed by atoms with Crippen LogP contribution in [0.15, 0.2) is 61.3 Å². The van der Waals surface area contributed by atoms with Crippen molar-refractivity contribution in [2.24, 2.45) is 0 Å². The fourth-order valence-electron chi connectivity index (χ4n) is 3.55. The maximum Gasteiger partial charge on any atom is 0.311 e. The fraction of sp³-hybridized carbons (Fsp3) is 0.130. The highest BCUT2D eigenvalue weighted by molar-refractivity contribution is 5.93. The number of hydrogen-bond acceptors (Lipinski definition) is 9. The first-order valence-corrected chi connectivity index (χ1v) is 10.4. The molecule has 2 aromatic carbocycles. The number of pyridine rings is 1. The number of anilines is 2. The number of fused-ring (bicyclic) bond motifs is 2. The molecule has 5 aromatic rings. The van der Waals surface area contributed by atoms with Crippen molar-refractivity contribution >= 4 is 33.7 Å². The first kappa shape index (κ1) is 21.1. The maximum absolute atomic E-state index is 11.5. The highest BCUT2D eigenvalue weighted by Crippen LogP contribution is 2.35. The Kier molecular flexibility index (Phi) is 5.34. The number of aryl methyl sites for hydroxylation is 1. The Morgan fingerprint density at radius 2 is 1.94 bits per heavy atom. The Bertz CT molecular complexity index is 1530. The molecule has 0 fully saturated rings. The van der Waals surface area contributed by atoms with Crippen molar-refractivity contribution in [1.82, 2.24) is 24.6 Å². The first-order chi connectivity index (χ1) is 16.5. The SMILES string of the molecule is CCOc1cc2ncnc(Nc3ccc(Oc4ccn5ncnc5c4)c(C)c3)c2cc1[N+](=O)[O-]. The van der Waals surface area contributed by atoms with E-state index >= 15 is 0 Å². The number of rotatable bonds is 7. The number of nitro groups is 1. The summed E-state index contributed by atoms with van der Waals surface area (Å²) in [5, 5.41) is 19.4. The zero-order valence-corrected chi connectivity index (χ0v) is 18.3. The maximum atomic E-state index is 11.5. The van der Waals surface area contributed by atoms with Gasteiger partial charge in [0.05, 0.1) is 22.4 Å². The molecule has 0 saturated heterocycles. The van der Waals surface area contributed by atoms with Crippen LogP contribution in [0.4, 0.5) is 17.2 Å². The van der Waals surface area contributed by atoms with Crippen LogP contribution in [0.25, 0.3) is 16.6 Å². The van der Waals surface area contributed by atoms with Crippen molar-refractivity contribution in [3.63, 3.8) is 0 Å². The van der Waals surface area contributed by atoms with Crippen molar-refractivity contribution in [1.29, 1.82) is 0 Å². The molecule has 34 heavy (non-hydrogen) atoms. The van der Waals surface area contributed by atoms with Crippen molar-refractivity contribution in [2.75, 3.05) is 11.9 Å². The molecular weight excluding hydrogens is 438 g/mol. The number of benzene rings is 2. The van der Waals surface area contributed by atoms with Gasteiger partial charge < -0.3 is 14.8 Å². The Balaban J connectivity index is 1.43. The molecule has 0 aliphatic carbocycles. The average Bonchev–Trinajstić information content (AvgIpc) is 3.29. The number of aromatic nitrogens is 5. The van der Waals surface area contributed by atoms with Crippen LogP contribution < -0.4 is 14.8 Å².